The first kappa shape index (κ1) is 12.2. The van der Waals surface area contributed by atoms with Crippen LogP contribution in [0.3, 0.4) is 0 Å². The van der Waals surface area contributed by atoms with Gasteiger partial charge in [0.1, 0.15) is 0 Å². The molecule has 0 aliphatic rings. The van der Waals surface area contributed by atoms with E-state index in [0.29, 0.717) is 5.02 Å². The van der Waals surface area contributed by atoms with Gasteiger partial charge in [0.15, 0.2) is 0 Å². The average molecular weight is 249 g/mol. The van der Waals surface area contributed by atoms with E-state index < -0.39 is 0 Å². The topological polar surface area (TPSA) is 17.8 Å². The summed E-state index contributed by atoms with van der Waals surface area (Å²) in [6, 6.07) is 8.66. The summed E-state index contributed by atoms with van der Waals surface area (Å²) in [5, 5.41) is 4.84. The lowest BCUT2D eigenvalue weighted by atomic mass is 9.87. The molecule has 0 radical (unpaired) electrons. The van der Waals surface area contributed by atoms with Gasteiger partial charge in [0.25, 0.3) is 0 Å². The highest BCUT2D eigenvalue weighted by Gasteiger charge is 2.12. The summed E-state index contributed by atoms with van der Waals surface area (Å²) in [6.45, 7) is 7.41. The summed E-state index contributed by atoms with van der Waals surface area (Å²) in [7, 11) is 0. The first-order valence-corrected chi connectivity index (χ1v) is 6.10. The minimum absolute atomic E-state index is 0.202. The van der Waals surface area contributed by atoms with Crippen molar-refractivity contribution in [3.8, 4) is 0 Å². The minimum atomic E-state index is 0.202. The van der Waals surface area contributed by atoms with E-state index in [9.17, 15) is 0 Å². The number of halogens is 1. The van der Waals surface area contributed by atoms with Gasteiger partial charge in [-0.15, -0.1) is 0 Å². The molecule has 0 atom stereocenters. The number of benzene rings is 1. The van der Waals surface area contributed by atoms with Crippen molar-refractivity contribution in [1.82, 2.24) is 9.78 Å². The fourth-order valence-electron chi connectivity index (χ4n) is 1.72. The van der Waals surface area contributed by atoms with Crippen LogP contribution in [-0.2, 0) is 12.0 Å². The van der Waals surface area contributed by atoms with Crippen molar-refractivity contribution in [3.05, 3.63) is 52.8 Å². The van der Waals surface area contributed by atoms with E-state index in [0.717, 1.165) is 6.54 Å². The van der Waals surface area contributed by atoms with Crippen molar-refractivity contribution in [3.63, 3.8) is 0 Å². The normalized spacial score (nSPS) is 11.8. The third kappa shape index (κ3) is 3.10. The lowest BCUT2D eigenvalue weighted by Gasteiger charge is -2.19. The maximum absolute atomic E-state index is 5.83. The van der Waals surface area contributed by atoms with Gasteiger partial charge in [-0.05, 0) is 16.5 Å². The fraction of sp³-hybridized carbons (Fsp3) is 0.357. The molecule has 1 aromatic carbocycles. The zero-order valence-corrected chi connectivity index (χ0v) is 11.2. The number of rotatable bonds is 2. The number of nitrogens with zero attached hydrogens (tertiary/aromatic N) is 2. The number of hydrogen-bond donors (Lipinski definition) is 0. The van der Waals surface area contributed by atoms with Gasteiger partial charge < -0.3 is 0 Å². The summed E-state index contributed by atoms with van der Waals surface area (Å²) in [5.74, 6) is 0. The van der Waals surface area contributed by atoms with E-state index in [1.807, 2.05) is 10.9 Å². The van der Waals surface area contributed by atoms with E-state index >= 15 is 0 Å². The van der Waals surface area contributed by atoms with Crippen LogP contribution in [0.2, 0.25) is 5.02 Å². The van der Waals surface area contributed by atoms with Crippen molar-refractivity contribution < 1.29 is 0 Å². The van der Waals surface area contributed by atoms with Crippen LogP contribution in [0, 0.1) is 0 Å². The number of aromatic nitrogens is 2. The first-order valence-electron chi connectivity index (χ1n) is 5.72. The molecule has 0 aliphatic heterocycles. The quantitative estimate of drug-likeness (QED) is 0.789. The van der Waals surface area contributed by atoms with Gasteiger partial charge in [-0.3, -0.25) is 4.68 Å². The monoisotopic (exact) mass is 248 g/mol. The van der Waals surface area contributed by atoms with Gasteiger partial charge in [-0.2, -0.15) is 5.10 Å². The van der Waals surface area contributed by atoms with Crippen LogP contribution < -0.4 is 0 Å². The molecule has 2 rings (SSSR count). The first-order chi connectivity index (χ1) is 7.95. The zero-order chi connectivity index (χ0) is 12.5. The standard InChI is InChI=1S/C14H17ClN2/c1-14(2,3)12-6-4-11(5-7-12)9-17-10-13(15)8-16-17/h4-8,10H,9H2,1-3H3. The van der Waals surface area contributed by atoms with E-state index in [1.54, 1.807) is 6.20 Å². The Bertz CT molecular complexity index is 492. The second-order valence-corrected chi connectivity index (χ2v) is 5.74. The Balaban J connectivity index is 2.13. The molecule has 0 saturated carbocycles. The Labute approximate surface area is 107 Å². The molecule has 1 aromatic heterocycles. The molecule has 0 saturated heterocycles. The highest BCUT2D eigenvalue weighted by Crippen LogP contribution is 2.22. The Morgan fingerprint density at radius 1 is 1.18 bits per heavy atom. The molecule has 0 spiro atoms. The Kier molecular flexibility index (Phi) is 3.25. The third-order valence-corrected chi connectivity index (χ3v) is 2.96. The number of hydrogen-bond acceptors (Lipinski definition) is 1. The maximum atomic E-state index is 5.83. The van der Waals surface area contributed by atoms with Crippen LogP contribution in [0.15, 0.2) is 36.7 Å². The minimum Gasteiger partial charge on any atom is -0.267 e. The molecule has 0 fully saturated rings. The smallest absolute Gasteiger partial charge is 0.0785 e. The van der Waals surface area contributed by atoms with Crippen molar-refractivity contribution in [1.29, 1.82) is 0 Å². The van der Waals surface area contributed by atoms with Crippen molar-refractivity contribution in [2.75, 3.05) is 0 Å². The van der Waals surface area contributed by atoms with Crippen LogP contribution in [0.1, 0.15) is 31.9 Å². The van der Waals surface area contributed by atoms with E-state index in [1.165, 1.54) is 11.1 Å². The van der Waals surface area contributed by atoms with Gasteiger partial charge in [0.05, 0.1) is 17.8 Å². The van der Waals surface area contributed by atoms with E-state index in [4.69, 9.17) is 11.6 Å². The lowest BCUT2D eigenvalue weighted by Crippen LogP contribution is -2.11. The molecule has 0 bridgehead atoms. The van der Waals surface area contributed by atoms with Crippen LogP contribution in [0.4, 0.5) is 0 Å². The van der Waals surface area contributed by atoms with E-state index in [-0.39, 0.29) is 5.41 Å². The predicted molar refractivity (Wildman–Crippen MR) is 71.5 cm³/mol. The highest BCUT2D eigenvalue weighted by atomic mass is 35.5. The highest BCUT2D eigenvalue weighted by molar-refractivity contribution is 6.30. The Morgan fingerprint density at radius 2 is 1.82 bits per heavy atom. The second-order valence-electron chi connectivity index (χ2n) is 5.30. The van der Waals surface area contributed by atoms with Crippen molar-refractivity contribution in [2.24, 2.45) is 0 Å². The molecule has 90 valence electrons. The molecule has 0 amide bonds. The lowest BCUT2D eigenvalue weighted by molar-refractivity contribution is 0.589. The average Bonchev–Trinajstić information content (AvgIpc) is 2.63. The maximum Gasteiger partial charge on any atom is 0.0785 e. The zero-order valence-electron chi connectivity index (χ0n) is 10.4. The Hall–Kier alpha value is -1.28. The summed E-state index contributed by atoms with van der Waals surface area (Å²) < 4.78 is 1.84. The summed E-state index contributed by atoms with van der Waals surface area (Å²) in [5.41, 5.74) is 2.78. The Morgan fingerprint density at radius 3 is 2.29 bits per heavy atom. The van der Waals surface area contributed by atoms with Crippen LogP contribution in [0.25, 0.3) is 0 Å². The summed E-state index contributed by atoms with van der Waals surface area (Å²) in [4.78, 5) is 0. The van der Waals surface area contributed by atoms with E-state index in [2.05, 4.69) is 50.1 Å². The van der Waals surface area contributed by atoms with Gasteiger partial charge >= 0.3 is 0 Å². The largest absolute Gasteiger partial charge is 0.267 e. The SMILES string of the molecule is CC(C)(C)c1ccc(Cn2cc(Cl)cn2)cc1. The van der Waals surface area contributed by atoms with Gasteiger partial charge in [0, 0.05) is 6.20 Å². The molecular formula is C14H17ClN2. The summed E-state index contributed by atoms with van der Waals surface area (Å²) in [6.07, 6.45) is 3.49. The molecule has 0 N–H and O–H groups in total. The molecule has 0 aliphatic carbocycles. The summed E-state index contributed by atoms with van der Waals surface area (Å²) >= 11 is 5.83. The van der Waals surface area contributed by atoms with Crippen molar-refractivity contribution in [2.45, 2.75) is 32.7 Å². The van der Waals surface area contributed by atoms with Gasteiger partial charge in [-0.1, -0.05) is 56.6 Å². The van der Waals surface area contributed by atoms with Crippen LogP contribution in [0.5, 0.6) is 0 Å². The fourth-order valence-corrected chi connectivity index (χ4v) is 1.88. The molecule has 0 unspecified atom stereocenters. The van der Waals surface area contributed by atoms with Crippen LogP contribution in [-0.4, -0.2) is 9.78 Å². The van der Waals surface area contributed by atoms with Crippen LogP contribution >= 0.6 is 11.6 Å². The molecule has 2 aromatic rings. The second kappa shape index (κ2) is 4.53. The molecular weight excluding hydrogens is 232 g/mol. The molecule has 2 nitrogen and oxygen atoms in total. The van der Waals surface area contributed by atoms with Gasteiger partial charge in [-0.25, -0.2) is 0 Å². The predicted octanol–water partition coefficient (Wildman–Crippen LogP) is 3.88. The molecule has 3 heteroatoms. The third-order valence-electron chi connectivity index (χ3n) is 2.77. The van der Waals surface area contributed by atoms with Gasteiger partial charge in [0.2, 0.25) is 0 Å². The molecule has 1 heterocycles. The van der Waals surface area contributed by atoms with Crippen molar-refractivity contribution >= 4 is 11.6 Å². The molecule has 17 heavy (non-hydrogen) atoms.